The van der Waals surface area contributed by atoms with Crippen LogP contribution in [0.4, 0.5) is 20.2 Å². The number of aromatic amines is 1. The molecular weight excluding hydrogens is 470 g/mol. The second-order valence-corrected chi connectivity index (χ2v) is 8.56. The first-order valence-corrected chi connectivity index (χ1v) is 11.8. The van der Waals surface area contributed by atoms with E-state index in [1.54, 1.807) is 30.5 Å². The van der Waals surface area contributed by atoms with Crippen LogP contribution in [0.25, 0.3) is 22.2 Å². The van der Waals surface area contributed by atoms with Crippen molar-refractivity contribution < 1.29 is 18.4 Å². The number of benzene rings is 2. The summed E-state index contributed by atoms with van der Waals surface area (Å²) in [5, 5.41) is 3.11. The molecule has 4 aromatic rings. The molecule has 2 aromatic heterocycles. The molecular formula is C26H22F2N4O2S. The number of nitrogens with zero attached hydrogens (tertiary/aromatic N) is 1. The summed E-state index contributed by atoms with van der Waals surface area (Å²) in [7, 11) is 0. The predicted molar refractivity (Wildman–Crippen MR) is 137 cm³/mol. The molecule has 0 aliphatic carbocycles. The molecule has 0 radical (unpaired) electrons. The Balaban J connectivity index is 1.72. The molecule has 2 heterocycles. The van der Waals surface area contributed by atoms with E-state index >= 15 is 4.39 Å². The van der Waals surface area contributed by atoms with E-state index in [2.05, 4.69) is 26.6 Å². The zero-order chi connectivity index (χ0) is 24.9. The molecule has 0 aliphatic rings. The van der Waals surface area contributed by atoms with E-state index < -0.39 is 23.0 Å². The van der Waals surface area contributed by atoms with Crippen LogP contribution in [0.1, 0.15) is 29.3 Å². The molecule has 9 heteroatoms. The molecule has 35 heavy (non-hydrogen) atoms. The third-order valence-corrected chi connectivity index (χ3v) is 6.21. The predicted octanol–water partition coefficient (Wildman–Crippen LogP) is 6.33. The van der Waals surface area contributed by atoms with Crippen LogP contribution in [0.15, 0.2) is 67.5 Å². The number of H-pyrrole nitrogens is 1. The van der Waals surface area contributed by atoms with Crippen molar-refractivity contribution in [1.82, 2.24) is 9.97 Å². The van der Waals surface area contributed by atoms with Gasteiger partial charge in [0.25, 0.3) is 0 Å². The molecule has 6 nitrogen and oxygen atoms in total. The Morgan fingerprint density at radius 1 is 1.17 bits per heavy atom. The first-order chi connectivity index (χ1) is 16.9. The van der Waals surface area contributed by atoms with Crippen LogP contribution in [0.5, 0.6) is 0 Å². The average Bonchev–Trinajstić information content (AvgIpc) is 3.29. The summed E-state index contributed by atoms with van der Waals surface area (Å²) in [6.45, 7) is 5.42. The number of anilines is 2. The van der Waals surface area contributed by atoms with Gasteiger partial charge in [-0.2, -0.15) is 0 Å². The quantitative estimate of drug-likeness (QED) is 0.110. The van der Waals surface area contributed by atoms with Gasteiger partial charge in [-0.15, -0.1) is 0 Å². The second-order valence-electron chi connectivity index (χ2n) is 7.66. The molecule has 178 valence electrons. The SMILES string of the molecule is C=CC(=O)Nc1cccc(-c2cnc3[nH]cc(C(=O)c4c(F)ccc(NSCCC)c4F)c3c2)c1. The van der Waals surface area contributed by atoms with E-state index in [1.165, 1.54) is 30.3 Å². The zero-order valence-corrected chi connectivity index (χ0v) is 19.6. The van der Waals surface area contributed by atoms with Gasteiger partial charge >= 0.3 is 0 Å². The number of carbonyl (C=O) groups is 2. The van der Waals surface area contributed by atoms with Crippen LogP contribution in [0.2, 0.25) is 0 Å². The first-order valence-electron chi connectivity index (χ1n) is 10.8. The molecule has 4 rings (SSSR count). The molecule has 0 saturated heterocycles. The highest BCUT2D eigenvalue weighted by atomic mass is 32.2. The van der Waals surface area contributed by atoms with Gasteiger partial charge in [0.1, 0.15) is 11.5 Å². The summed E-state index contributed by atoms with van der Waals surface area (Å²) in [6.07, 6.45) is 5.05. The standard InChI is InChI=1S/C26H22F2N4O2S/c1-3-10-35-32-21-9-8-20(27)23(24(21)28)25(34)19-14-30-26-18(19)12-16(13-29-26)15-6-5-7-17(11-15)31-22(33)4-2/h4-9,11-14,32H,2-3,10H2,1H3,(H,29,30)(H,31,33). The van der Waals surface area contributed by atoms with Crippen LogP contribution < -0.4 is 10.0 Å². The average molecular weight is 493 g/mol. The van der Waals surface area contributed by atoms with Crippen LogP contribution in [-0.4, -0.2) is 27.4 Å². The van der Waals surface area contributed by atoms with Gasteiger partial charge < -0.3 is 15.0 Å². The Hall–Kier alpha value is -3.98. The van der Waals surface area contributed by atoms with Crippen molar-refractivity contribution in [2.45, 2.75) is 13.3 Å². The van der Waals surface area contributed by atoms with Crippen molar-refractivity contribution in [2.24, 2.45) is 0 Å². The minimum Gasteiger partial charge on any atom is -0.345 e. The number of hydrogen-bond donors (Lipinski definition) is 3. The highest BCUT2D eigenvalue weighted by Crippen LogP contribution is 2.30. The van der Waals surface area contributed by atoms with E-state index in [-0.39, 0.29) is 17.2 Å². The number of pyridine rings is 1. The van der Waals surface area contributed by atoms with Crippen molar-refractivity contribution in [3.63, 3.8) is 0 Å². The summed E-state index contributed by atoms with van der Waals surface area (Å²) < 4.78 is 32.6. The maximum Gasteiger partial charge on any atom is 0.247 e. The van der Waals surface area contributed by atoms with E-state index in [0.717, 1.165) is 23.8 Å². The lowest BCUT2D eigenvalue weighted by Crippen LogP contribution is -2.09. The minimum absolute atomic E-state index is 0.0465. The first kappa shape index (κ1) is 24.2. The molecule has 0 atom stereocenters. The van der Waals surface area contributed by atoms with E-state index in [1.807, 2.05) is 13.0 Å². The van der Waals surface area contributed by atoms with E-state index in [9.17, 15) is 14.0 Å². The second kappa shape index (κ2) is 10.5. The Kier molecular flexibility index (Phi) is 7.26. The molecule has 0 aliphatic heterocycles. The van der Waals surface area contributed by atoms with Gasteiger partial charge in [-0.3, -0.25) is 9.59 Å². The van der Waals surface area contributed by atoms with Crippen molar-refractivity contribution in [1.29, 1.82) is 0 Å². The maximum absolute atomic E-state index is 15.1. The summed E-state index contributed by atoms with van der Waals surface area (Å²) in [6, 6.07) is 11.1. The van der Waals surface area contributed by atoms with Gasteiger partial charge in [0, 0.05) is 40.3 Å². The van der Waals surface area contributed by atoms with Gasteiger partial charge in [-0.1, -0.05) is 37.6 Å². The number of aromatic nitrogens is 2. The molecule has 3 N–H and O–H groups in total. The third-order valence-electron chi connectivity index (χ3n) is 5.23. The highest BCUT2D eigenvalue weighted by molar-refractivity contribution is 8.00. The van der Waals surface area contributed by atoms with Crippen LogP contribution >= 0.6 is 11.9 Å². The van der Waals surface area contributed by atoms with E-state index in [4.69, 9.17) is 0 Å². The molecule has 0 bridgehead atoms. The Bertz CT molecular complexity index is 1430. The highest BCUT2D eigenvalue weighted by Gasteiger charge is 2.24. The number of carbonyl (C=O) groups excluding carboxylic acids is 2. The largest absolute Gasteiger partial charge is 0.345 e. The lowest BCUT2D eigenvalue weighted by atomic mass is 9.99. The fraction of sp³-hybridized carbons (Fsp3) is 0.115. The van der Waals surface area contributed by atoms with Crippen LogP contribution in [0.3, 0.4) is 0 Å². The number of halogens is 2. The van der Waals surface area contributed by atoms with Gasteiger partial charge in [-0.05, 0) is 48.4 Å². The summed E-state index contributed by atoms with van der Waals surface area (Å²) in [5.41, 5.74) is 1.87. The molecule has 0 saturated carbocycles. The lowest BCUT2D eigenvalue weighted by Gasteiger charge is -2.10. The summed E-state index contributed by atoms with van der Waals surface area (Å²) in [5.74, 6) is -2.29. The Morgan fingerprint density at radius 3 is 2.77 bits per heavy atom. The molecule has 0 spiro atoms. The van der Waals surface area contributed by atoms with Crippen LogP contribution in [0, 0.1) is 11.6 Å². The minimum atomic E-state index is -0.942. The topological polar surface area (TPSA) is 86.9 Å². The Morgan fingerprint density at radius 2 is 2.00 bits per heavy atom. The third kappa shape index (κ3) is 5.09. The fourth-order valence-corrected chi connectivity index (χ4v) is 4.14. The smallest absolute Gasteiger partial charge is 0.247 e. The maximum atomic E-state index is 15.1. The normalized spacial score (nSPS) is 10.8. The van der Waals surface area contributed by atoms with Crippen molar-refractivity contribution in [3.05, 3.63) is 90.3 Å². The lowest BCUT2D eigenvalue weighted by molar-refractivity contribution is -0.111. The van der Waals surface area contributed by atoms with Gasteiger partial charge in [0.2, 0.25) is 11.7 Å². The van der Waals surface area contributed by atoms with Gasteiger partial charge in [0.05, 0.1) is 11.3 Å². The number of rotatable bonds is 9. The number of nitrogens with one attached hydrogen (secondary N) is 3. The molecule has 2 aromatic carbocycles. The summed E-state index contributed by atoms with van der Waals surface area (Å²) >= 11 is 1.28. The number of hydrogen-bond acceptors (Lipinski definition) is 5. The Labute approximate surface area is 205 Å². The number of amides is 1. The van der Waals surface area contributed by atoms with Gasteiger partial charge in [-0.25, -0.2) is 13.8 Å². The molecule has 1 amide bonds. The fourth-order valence-electron chi connectivity index (χ4n) is 3.52. The van der Waals surface area contributed by atoms with Crippen molar-refractivity contribution in [3.8, 4) is 11.1 Å². The van der Waals surface area contributed by atoms with Gasteiger partial charge in [0.15, 0.2) is 5.82 Å². The number of ketones is 1. The van der Waals surface area contributed by atoms with Crippen molar-refractivity contribution in [2.75, 3.05) is 15.8 Å². The van der Waals surface area contributed by atoms with E-state index in [0.29, 0.717) is 22.3 Å². The molecule has 0 unspecified atom stereocenters. The number of fused-ring (bicyclic) bond motifs is 1. The monoisotopic (exact) mass is 492 g/mol. The summed E-state index contributed by atoms with van der Waals surface area (Å²) in [4.78, 5) is 32.2. The molecule has 0 fully saturated rings. The van der Waals surface area contributed by atoms with Crippen molar-refractivity contribution >= 4 is 46.0 Å². The van der Waals surface area contributed by atoms with Crippen LogP contribution in [-0.2, 0) is 4.79 Å². The zero-order valence-electron chi connectivity index (χ0n) is 18.8.